The van der Waals surface area contributed by atoms with Gasteiger partial charge < -0.3 is 24.8 Å². The number of aromatic nitrogens is 4. The number of ether oxygens (including phenoxy) is 3. The first kappa shape index (κ1) is 44.3. The second-order valence-electron chi connectivity index (χ2n) is 12.1. The highest BCUT2D eigenvalue weighted by atomic mass is 35.5. The van der Waals surface area contributed by atoms with E-state index in [-0.39, 0.29) is 25.1 Å². The number of nitrogens with one attached hydrogen (secondary N) is 3. The van der Waals surface area contributed by atoms with Crippen LogP contribution in [-0.4, -0.2) is 81.7 Å². The van der Waals surface area contributed by atoms with Gasteiger partial charge in [0.2, 0.25) is 11.8 Å². The second-order valence-corrected chi connectivity index (χ2v) is 15.8. The van der Waals surface area contributed by atoms with Crippen LogP contribution in [-0.2, 0) is 14.3 Å². The first-order valence-electron chi connectivity index (χ1n) is 17.4. The molecule has 7 rings (SSSR count). The van der Waals surface area contributed by atoms with E-state index in [4.69, 9.17) is 38.0 Å². The third kappa shape index (κ3) is 16.4. The molecule has 2 aliphatic carbocycles. The minimum absolute atomic E-state index is 0. The van der Waals surface area contributed by atoms with Crippen LogP contribution >= 0.6 is 58.6 Å². The molecule has 11 nitrogen and oxygen atoms in total. The number of rotatable bonds is 10. The van der Waals surface area contributed by atoms with Crippen molar-refractivity contribution in [3.05, 3.63) is 52.5 Å². The van der Waals surface area contributed by atoms with Crippen molar-refractivity contribution in [3.8, 4) is 34.3 Å². The van der Waals surface area contributed by atoms with E-state index in [0.717, 1.165) is 71.7 Å². The van der Waals surface area contributed by atoms with E-state index >= 15 is 0 Å². The summed E-state index contributed by atoms with van der Waals surface area (Å²) >= 11 is 14.4. The van der Waals surface area contributed by atoms with Gasteiger partial charge in [-0.15, -0.1) is 11.6 Å². The number of benzene rings is 2. The molecule has 16 heteroatoms. The molecule has 3 aliphatic rings. The zero-order valence-electron chi connectivity index (χ0n) is 29.6. The van der Waals surface area contributed by atoms with Gasteiger partial charge in [0.25, 0.3) is 0 Å². The smallest absolute Gasteiger partial charge is 0.235 e. The number of alkyl halides is 1. The van der Waals surface area contributed by atoms with Crippen molar-refractivity contribution in [1.29, 1.82) is 0 Å². The van der Waals surface area contributed by atoms with Crippen LogP contribution < -0.4 is 20.1 Å². The minimum atomic E-state index is -0.0337. The number of carbonyl (C=O) groups is 2. The molecule has 290 valence electrons. The summed E-state index contributed by atoms with van der Waals surface area (Å²) in [6.45, 7) is 2.00. The zero-order chi connectivity index (χ0) is 37.0. The molecule has 53 heavy (non-hydrogen) atoms. The highest BCUT2D eigenvalue weighted by Gasteiger charge is 2.18. The predicted molar refractivity (Wildman–Crippen MR) is 220 cm³/mol. The molecule has 0 atom stereocenters. The Hall–Kier alpha value is -3.08. The van der Waals surface area contributed by atoms with E-state index in [1.54, 1.807) is 14.2 Å². The fourth-order valence-corrected chi connectivity index (χ4v) is 7.74. The molecule has 0 unspecified atom stereocenters. The molecule has 3 N–H and O–H groups in total. The Balaban J connectivity index is 0.000000214. The van der Waals surface area contributed by atoms with Gasteiger partial charge in [0, 0.05) is 36.4 Å². The Morgan fingerprint density at radius 1 is 0.849 bits per heavy atom. The summed E-state index contributed by atoms with van der Waals surface area (Å²) in [5.74, 6) is 3.69. The maximum Gasteiger partial charge on any atom is 0.235 e. The number of thioether (sulfide) groups is 1. The molecule has 1 saturated heterocycles. The highest BCUT2D eigenvalue weighted by molar-refractivity contribution is 8.01. The molecular formula is C37H51ClN6O5S4. The fourth-order valence-electron chi connectivity index (χ4n) is 5.54. The van der Waals surface area contributed by atoms with Crippen molar-refractivity contribution >= 4 is 70.5 Å². The molecule has 2 saturated carbocycles. The van der Waals surface area contributed by atoms with Gasteiger partial charge >= 0.3 is 0 Å². The lowest BCUT2D eigenvalue weighted by Gasteiger charge is -2.10. The zero-order valence-corrected chi connectivity index (χ0v) is 33.6. The third-order valence-corrected chi connectivity index (χ3v) is 11.3. The van der Waals surface area contributed by atoms with Crippen LogP contribution in [0, 0.1) is 3.95 Å². The molecule has 4 aromatic rings. The van der Waals surface area contributed by atoms with Crippen LogP contribution in [0.3, 0.4) is 0 Å². The number of halogens is 1. The van der Waals surface area contributed by atoms with Crippen molar-refractivity contribution in [3.63, 3.8) is 0 Å². The Labute approximate surface area is 335 Å². The first-order valence-corrected chi connectivity index (χ1v) is 20.9. The Kier molecular flexibility index (Phi) is 21.0. The standard InChI is InChI=1S/C16H19N3O2S2.C9H8N2OS2.C7H12ClNO.C4H8O.CH4/c1-21-13-8-6-11(7-9-13)15-18-16(23-19-15)22-10-14(20)17-12-4-2-3-5-12;1-12-7-4-2-6(3-5-7)8-10-9(13)14-11-8;8-5-7(10)9-6-3-1-2-4-6;1-2-4-5-3-1;/h6-9,12H,2-5,10H2,1H3,(H,17,20);2-5H,1H3,(H,10,11,13);6H,1-5H2,(H,9,10);1-4H2;1H4. The van der Waals surface area contributed by atoms with E-state index in [1.807, 2.05) is 48.5 Å². The van der Waals surface area contributed by atoms with Gasteiger partial charge in [0.15, 0.2) is 14.1 Å². The lowest BCUT2D eigenvalue weighted by atomic mass is 10.2. The van der Waals surface area contributed by atoms with Crippen molar-refractivity contribution in [1.82, 2.24) is 29.3 Å². The fraction of sp³-hybridized carbons (Fsp3) is 0.514. The van der Waals surface area contributed by atoms with Gasteiger partial charge in [0.05, 0.1) is 20.0 Å². The van der Waals surface area contributed by atoms with E-state index < -0.39 is 0 Å². The van der Waals surface area contributed by atoms with Crippen molar-refractivity contribution in [2.24, 2.45) is 0 Å². The Morgan fingerprint density at radius 2 is 1.38 bits per heavy atom. The molecule has 3 fully saturated rings. The molecule has 2 aromatic carbocycles. The van der Waals surface area contributed by atoms with E-state index in [2.05, 4.69) is 29.3 Å². The van der Waals surface area contributed by atoms with Gasteiger partial charge in [-0.1, -0.05) is 44.9 Å². The molecule has 0 bridgehead atoms. The summed E-state index contributed by atoms with van der Waals surface area (Å²) in [4.78, 5) is 31.3. The monoisotopic (exact) mass is 822 g/mol. The quantitative estimate of drug-likeness (QED) is 0.0807. The van der Waals surface area contributed by atoms with E-state index in [1.165, 1.54) is 73.4 Å². The van der Waals surface area contributed by atoms with Crippen LogP contribution in [0.25, 0.3) is 22.8 Å². The SMILES string of the molecule is C.C1CCOC1.COc1ccc(-c2nc(=S)s[nH]2)cc1.COc1ccc(-c2nsc(SCC(=O)NC3CCCC3)n2)cc1.O=C(CCl)NC1CCCC1. The maximum atomic E-state index is 11.9. The highest BCUT2D eigenvalue weighted by Crippen LogP contribution is 2.27. The molecule has 2 amide bonds. The number of nitrogens with zero attached hydrogens (tertiary/aromatic N) is 3. The molecular weight excluding hydrogens is 772 g/mol. The largest absolute Gasteiger partial charge is 0.497 e. The maximum absolute atomic E-state index is 11.9. The summed E-state index contributed by atoms with van der Waals surface area (Å²) in [7, 11) is 3.28. The Bertz CT molecular complexity index is 1660. The number of H-pyrrole nitrogens is 1. The number of aromatic amines is 1. The third-order valence-electron chi connectivity index (χ3n) is 8.27. The normalized spacial score (nSPS) is 15.0. The van der Waals surface area contributed by atoms with Crippen molar-refractivity contribution < 1.29 is 23.8 Å². The van der Waals surface area contributed by atoms with Gasteiger partial charge in [-0.25, -0.2) is 9.97 Å². The van der Waals surface area contributed by atoms with Crippen molar-refractivity contribution in [2.75, 3.05) is 39.1 Å². The molecule has 2 aromatic heterocycles. The molecule has 0 radical (unpaired) electrons. The lowest BCUT2D eigenvalue weighted by Crippen LogP contribution is -2.33. The summed E-state index contributed by atoms with van der Waals surface area (Å²) in [5.41, 5.74) is 1.96. The van der Waals surface area contributed by atoms with E-state index in [0.29, 0.717) is 27.6 Å². The van der Waals surface area contributed by atoms with Gasteiger partial charge in [-0.2, -0.15) is 4.37 Å². The number of methoxy groups -OCH3 is 2. The first-order chi connectivity index (χ1) is 25.4. The van der Waals surface area contributed by atoms with Gasteiger partial charge in [-0.05, 0) is 122 Å². The Morgan fingerprint density at radius 3 is 1.83 bits per heavy atom. The summed E-state index contributed by atoms with van der Waals surface area (Å²) < 4.78 is 24.0. The van der Waals surface area contributed by atoms with Gasteiger partial charge in [-0.3, -0.25) is 14.0 Å². The topological polar surface area (TPSA) is 140 Å². The summed E-state index contributed by atoms with van der Waals surface area (Å²) in [5, 5.41) is 5.94. The van der Waals surface area contributed by atoms with Crippen LogP contribution in [0.2, 0.25) is 0 Å². The lowest BCUT2D eigenvalue weighted by molar-refractivity contribution is -0.120. The number of hydrogen-bond donors (Lipinski definition) is 3. The number of amides is 2. The van der Waals surface area contributed by atoms with Crippen LogP contribution in [0.5, 0.6) is 11.5 Å². The molecule has 1 aliphatic heterocycles. The van der Waals surface area contributed by atoms with Crippen LogP contribution in [0.1, 0.15) is 71.6 Å². The number of hydrogen-bond acceptors (Lipinski definition) is 12. The van der Waals surface area contributed by atoms with Crippen LogP contribution in [0.4, 0.5) is 0 Å². The van der Waals surface area contributed by atoms with Gasteiger partial charge in [0.1, 0.15) is 23.2 Å². The molecule has 0 spiro atoms. The predicted octanol–water partition coefficient (Wildman–Crippen LogP) is 8.96. The van der Waals surface area contributed by atoms with Crippen molar-refractivity contribution in [2.45, 2.75) is 88.1 Å². The molecule has 3 heterocycles. The average Bonchev–Trinajstić information content (AvgIpc) is 4.03. The summed E-state index contributed by atoms with van der Waals surface area (Å²) in [6, 6.07) is 16.1. The van der Waals surface area contributed by atoms with E-state index in [9.17, 15) is 9.59 Å². The minimum Gasteiger partial charge on any atom is -0.497 e. The summed E-state index contributed by atoms with van der Waals surface area (Å²) in [6.07, 6.45) is 12.0. The van der Waals surface area contributed by atoms with Crippen LogP contribution in [0.15, 0.2) is 52.9 Å². The number of carbonyl (C=O) groups excluding carboxylic acids is 2. The average molecular weight is 824 g/mol. The second kappa shape index (κ2) is 25.1.